The summed E-state index contributed by atoms with van der Waals surface area (Å²) < 4.78 is 0. The number of amides is 1. The Morgan fingerprint density at radius 1 is 1.67 bits per heavy atom. The van der Waals surface area contributed by atoms with Gasteiger partial charge in [-0.3, -0.25) is 9.59 Å². The van der Waals surface area contributed by atoms with Crippen LogP contribution in [0.25, 0.3) is 0 Å². The van der Waals surface area contributed by atoms with Gasteiger partial charge in [0.25, 0.3) is 5.91 Å². The molecule has 0 aromatic carbocycles. The van der Waals surface area contributed by atoms with Crippen LogP contribution in [0.15, 0.2) is 28.2 Å². The second kappa shape index (κ2) is 3.71. The highest BCUT2D eigenvalue weighted by Crippen LogP contribution is 1.90. The van der Waals surface area contributed by atoms with E-state index in [9.17, 15) is 9.59 Å². The molecule has 0 radical (unpaired) electrons. The minimum atomic E-state index is -0.674. The van der Waals surface area contributed by atoms with Gasteiger partial charge in [-0.25, -0.2) is 0 Å². The van der Waals surface area contributed by atoms with Crippen molar-refractivity contribution < 1.29 is 4.79 Å². The summed E-state index contributed by atoms with van der Waals surface area (Å²) in [4.78, 5) is 27.7. The number of rotatable bonds is 1. The Bertz CT molecular complexity index is 404. The summed E-state index contributed by atoms with van der Waals surface area (Å²) in [6, 6.07) is 1.24. The van der Waals surface area contributed by atoms with Gasteiger partial charge in [0.05, 0.1) is 5.16 Å². The van der Waals surface area contributed by atoms with E-state index in [0.29, 0.717) is 0 Å². The van der Waals surface area contributed by atoms with E-state index in [0.717, 1.165) is 0 Å². The molecule has 1 heterocycles. The van der Waals surface area contributed by atoms with Crippen LogP contribution in [0.3, 0.4) is 0 Å². The second-order valence-corrected chi connectivity index (χ2v) is 2.11. The fourth-order valence-electron chi connectivity index (χ4n) is 0.685. The highest BCUT2D eigenvalue weighted by atomic mass is 32.1. The zero-order valence-electron chi connectivity index (χ0n) is 5.90. The van der Waals surface area contributed by atoms with Crippen molar-refractivity contribution in [2.45, 2.75) is 0 Å². The molecule has 4 nitrogen and oxygen atoms in total. The molecule has 0 aliphatic heterocycles. The number of isothiocyanates is 1. The lowest BCUT2D eigenvalue weighted by Gasteiger charge is -1.89. The maximum absolute atomic E-state index is 11.0. The van der Waals surface area contributed by atoms with Crippen LogP contribution in [0.2, 0.25) is 0 Å². The number of nitrogens with zero attached hydrogens (tertiary/aromatic N) is 1. The molecule has 1 rings (SSSR count). The van der Waals surface area contributed by atoms with Gasteiger partial charge in [0.1, 0.15) is 5.56 Å². The Kier molecular flexibility index (Phi) is 2.63. The first kappa shape index (κ1) is 8.52. The monoisotopic (exact) mass is 180 g/mol. The van der Waals surface area contributed by atoms with E-state index in [1.54, 1.807) is 0 Å². The molecule has 0 atom stereocenters. The average molecular weight is 180 g/mol. The summed E-state index contributed by atoms with van der Waals surface area (Å²) in [5, 5.41) is 1.90. The number of carbonyl (C=O) groups is 1. The number of H-pyrrole nitrogens is 1. The van der Waals surface area contributed by atoms with Gasteiger partial charge < -0.3 is 4.98 Å². The third-order valence-corrected chi connectivity index (χ3v) is 1.29. The van der Waals surface area contributed by atoms with Crippen molar-refractivity contribution in [3.63, 3.8) is 0 Å². The molecule has 1 aromatic rings. The number of hydrogen-bond donors (Lipinski definition) is 1. The first-order valence-corrected chi connectivity index (χ1v) is 3.46. The van der Waals surface area contributed by atoms with Crippen molar-refractivity contribution in [3.05, 3.63) is 34.2 Å². The van der Waals surface area contributed by atoms with Crippen molar-refractivity contribution in [1.29, 1.82) is 0 Å². The van der Waals surface area contributed by atoms with E-state index in [1.165, 1.54) is 18.5 Å². The summed E-state index contributed by atoms with van der Waals surface area (Å²) >= 11 is 4.22. The molecule has 60 valence electrons. The van der Waals surface area contributed by atoms with Crippen LogP contribution in [0.1, 0.15) is 10.4 Å². The summed E-state index contributed by atoms with van der Waals surface area (Å²) in [5.74, 6) is -0.674. The maximum atomic E-state index is 11.0. The van der Waals surface area contributed by atoms with Crippen molar-refractivity contribution in [3.8, 4) is 0 Å². The summed E-state index contributed by atoms with van der Waals surface area (Å²) in [6.07, 6.45) is 2.71. The summed E-state index contributed by atoms with van der Waals surface area (Å²) in [7, 11) is 0. The van der Waals surface area contributed by atoms with Crippen molar-refractivity contribution in [2.24, 2.45) is 4.99 Å². The van der Waals surface area contributed by atoms with E-state index in [1.807, 2.05) is 5.16 Å². The van der Waals surface area contributed by atoms with Crippen molar-refractivity contribution in [2.75, 3.05) is 0 Å². The van der Waals surface area contributed by atoms with Crippen molar-refractivity contribution in [1.82, 2.24) is 4.98 Å². The zero-order chi connectivity index (χ0) is 8.97. The lowest BCUT2D eigenvalue weighted by atomic mass is 10.3. The molecule has 1 aromatic heterocycles. The van der Waals surface area contributed by atoms with Gasteiger partial charge in [-0.05, 0) is 12.2 Å². The van der Waals surface area contributed by atoms with Crippen molar-refractivity contribution >= 4 is 23.3 Å². The molecule has 0 spiro atoms. The van der Waals surface area contributed by atoms with Gasteiger partial charge in [-0.2, -0.15) is 4.99 Å². The molecule has 1 N–H and O–H groups in total. The lowest BCUT2D eigenvalue weighted by Crippen LogP contribution is -2.11. The van der Waals surface area contributed by atoms with Crippen LogP contribution in [0.4, 0.5) is 0 Å². The number of aromatic amines is 1. The quantitative estimate of drug-likeness (QED) is 0.509. The molecule has 0 aliphatic carbocycles. The van der Waals surface area contributed by atoms with Gasteiger partial charge in [-0.15, -0.1) is 0 Å². The Hall–Kier alpha value is -1.58. The number of thiocarbonyl (C=S) groups is 1. The molecular weight excluding hydrogens is 176 g/mol. The number of aliphatic imine (C=N–C) groups is 1. The third-order valence-electron chi connectivity index (χ3n) is 1.20. The molecule has 0 unspecified atom stereocenters. The minimum Gasteiger partial charge on any atom is -0.367 e. The molecule has 0 fully saturated rings. The van der Waals surface area contributed by atoms with E-state index < -0.39 is 5.91 Å². The first-order valence-electron chi connectivity index (χ1n) is 3.05. The summed E-state index contributed by atoms with van der Waals surface area (Å²) in [6.45, 7) is 0. The van der Waals surface area contributed by atoms with Crippen LogP contribution < -0.4 is 5.43 Å². The normalized spacial score (nSPS) is 8.67. The zero-order valence-corrected chi connectivity index (χ0v) is 6.72. The predicted octanol–water partition coefficient (Wildman–Crippen LogP) is 0.618. The van der Waals surface area contributed by atoms with E-state index in [-0.39, 0.29) is 11.0 Å². The Labute approximate surface area is 73.0 Å². The van der Waals surface area contributed by atoms with E-state index >= 15 is 0 Å². The van der Waals surface area contributed by atoms with Gasteiger partial charge in [-0.1, -0.05) is 0 Å². The molecule has 0 bridgehead atoms. The fraction of sp³-hybridized carbons (Fsp3) is 0. The second-order valence-electron chi connectivity index (χ2n) is 1.93. The van der Waals surface area contributed by atoms with Crippen LogP contribution in [-0.4, -0.2) is 16.1 Å². The smallest absolute Gasteiger partial charge is 0.291 e. The Morgan fingerprint density at radius 2 is 2.42 bits per heavy atom. The predicted molar refractivity (Wildman–Crippen MR) is 46.4 cm³/mol. The van der Waals surface area contributed by atoms with Crippen LogP contribution in [0.5, 0.6) is 0 Å². The lowest BCUT2D eigenvalue weighted by molar-refractivity contribution is 0.100. The SMILES string of the molecule is O=C(N=C=S)c1c[nH]ccc1=O. The van der Waals surface area contributed by atoms with Gasteiger partial charge in [0, 0.05) is 18.5 Å². The largest absolute Gasteiger partial charge is 0.367 e. The molecule has 1 amide bonds. The number of carbonyl (C=O) groups excluding carboxylic acids is 1. The third kappa shape index (κ3) is 1.72. The molecule has 0 saturated carbocycles. The maximum Gasteiger partial charge on any atom is 0.291 e. The Morgan fingerprint density at radius 3 is 3.00 bits per heavy atom. The molecule has 5 heteroatoms. The van der Waals surface area contributed by atoms with Gasteiger partial charge in [0.2, 0.25) is 0 Å². The standard InChI is InChI=1S/C7H4N2O2S/c10-6-1-2-8-3-5(6)7(11)9-4-12/h1-3H,(H,8,10). The Balaban J connectivity index is 3.20. The molecule has 12 heavy (non-hydrogen) atoms. The van der Waals surface area contributed by atoms with Crippen LogP contribution in [-0.2, 0) is 0 Å². The minimum absolute atomic E-state index is 0.0325. The number of aromatic nitrogens is 1. The van der Waals surface area contributed by atoms with Crippen LogP contribution in [0, 0.1) is 0 Å². The highest BCUT2D eigenvalue weighted by Gasteiger charge is 2.06. The van der Waals surface area contributed by atoms with Gasteiger partial charge >= 0.3 is 0 Å². The number of pyridine rings is 1. The van der Waals surface area contributed by atoms with Crippen LogP contribution >= 0.6 is 12.2 Å². The van der Waals surface area contributed by atoms with E-state index in [4.69, 9.17) is 0 Å². The number of nitrogens with one attached hydrogen (secondary N) is 1. The molecule has 0 aliphatic rings. The first-order chi connectivity index (χ1) is 5.75. The average Bonchev–Trinajstić information content (AvgIpc) is 2.05. The topological polar surface area (TPSA) is 62.3 Å². The highest BCUT2D eigenvalue weighted by molar-refractivity contribution is 7.78. The molecule has 0 saturated heterocycles. The van der Waals surface area contributed by atoms with E-state index in [2.05, 4.69) is 22.2 Å². The fourth-order valence-corrected chi connectivity index (χ4v) is 0.768. The number of hydrogen-bond acceptors (Lipinski definition) is 3. The molecular formula is C7H4N2O2S. The summed E-state index contributed by atoms with van der Waals surface area (Å²) in [5.41, 5.74) is -0.414. The van der Waals surface area contributed by atoms with Gasteiger partial charge in [0.15, 0.2) is 5.43 Å².